The third kappa shape index (κ3) is 12.4. The molecule has 0 fully saturated rings. The molecular weight excluding hydrogens is 332 g/mol. The van der Waals surface area contributed by atoms with E-state index in [1.165, 1.54) is 5.56 Å². The van der Waals surface area contributed by atoms with E-state index in [9.17, 15) is 0 Å². The van der Waals surface area contributed by atoms with Crippen LogP contribution in [0.25, 0.3) is 0 Å². The Labute approximate surface area is 161 Å². The highest BCUT2D eigenvalue weighted by Gasteiger charge is 2.08. The smallest absolute Gasteiger partial charge is 0.129 e. The van der Waals surface area contributed by atoms with Crippen LogP contribution >= 0.6 is 0 Å². The number of hydrogen-bond acceptors (Lipinski definition) is 1. The minimum atomic E-state index is -1.29. The molecule has 0 heterocycles. The summed E-state index contributed by atoms with van der Waals surface area (Å²) in [7, 11) is -1.29. The zero-order chi connectivity index (χ0) is 19.1. The number of aryl methyl sites for hydroxylation is 1. The third-order valence-corrected chi connectivity index (χ3v) is 4.40. The maximum Gasteiger partial charge on any atom is 0.129 e. The van der Waals surface area contributed by atoms with Crippen molar-refractivity contribution in [2.75, 3.05) is 6.61 Å². The Kier molecular flexibility index (Phi) is 11.2. The lowest BCUT2D eigenvalue weighted by Crippen LogP contribution is -2.16. The summed E-state index contributed by atoms with van der Waals surface area (Å²) in [5.74, 6) is 9.91. The molecule has 1 aromatic rings. The number of allylic oxidation sites excluding steroid dienone is 3. The number of hydrogen-bond donors (Lipinski definition) is 0. The van der Waals surface area contributed by atoms with Crippen molar-refractivity contribution in [1.29, 1.82) is 0 Å². The van der Waals surface area contributed by atoms with Crippen molar-refractivity contribution in [1.82, 2.24) is 0 Å². The summed E-state index contributed by atoms with van der Waals surface area (Å²) in [4.78, 5) is 0. The third-order valence-electron chi connectivity index (χ3n) is 3.47. The van der Waals surface area contributed by atoms with E-state index in [2.05, 4.69) is 67.2 Å². The normalized spacial score (nSPS) is 12.5. The maximum atomic E-state index is 5.92. The fourth-order valence-corrected chi connectivity index (χ4v) is 2.84. The second kappa shape index (κ2) is 13.2. The molecule has 0 amide bonds. The van der Waals surface area contributed by atoms with Crippen molar-refractivity contribution < 1.29 is 4.74 Å². The average molecular weight is 365 g/mol. The maximum absolute atomic E-state index is 5.92. The molecule has 138 valence electrons. The zero-order valence-corrected chi connectivity index (χ0v) is 17.7. The Morgan fingerprint density at radius 2 is 1.81 bits per heavy atom. The molecule has 1 rings (SSSR count). The van der Waals surface area contributed by atoms with E-state index in [0.29, 0.717) is 6.61 Å². The van der Waals surface area contributed by atoms with Crippen molar-refractivity contribution in [3.63, 3.8) is 0 Å². The van der Waals surface area contributed by atoms with Crippen LogP contribution in [0.4, 0.5) is 0 Å². The molecule has 2 heteroatoms. The highest BCUT2D eigenvalue weighted by atomic mass is 28.3. The molecule has 0 N–H and O–H groups in total. The van der Waals surface area contributed by atoms with Gasteiger partial charge >= 0.3 is 0 Å². The lowest BCUT2D eigenvalue weighted by Gasteiger charge is -2.09. The molecule has 0 unspecified atom stereocenters. The molecule has 1 nitrogen and oxygen atoms in total. The predicted octanol–water partition coefficient (Wildman–Crippen LogP) is 5.80. The van der Waals surface area contributed by atoms with E-state index in [1.807, 2.05) is 37.3 Å². The van der Waals surface area contributed by atoms with Gasteiger partial charge in [-0.15, -0.1) is 17.4 Å². The van der Waals surface area contributed by atoms with E-state index >= 15 is 0 Å². The van der Waals surface area contributed by atoms with Gasteiger partial charge in [0.2, 0.25) is 0 Å². The quantitative estimate of drug-likeness (QED) is 0.322. The van der Waals surface area contributed by atoms with E-state index in [4.69, 9.17) is 4.74 Å². The first-order chi connectivity index (χ1) is 12.5. The van der Waals surface area contributed by atoms with Crippen molar-refractivity contribution in [2.45, 2.75) is 58.4 Å². The van der Waals surface area contributed by atoms with Crippen molar-refractivity contribution in [2.24, 2.45) is 0 Å². The molecule has 0 radical (unpaired) electrons. The molecule has 0 aliphatic carbocycles. The van der Waals surface area contributed by atoms with E-state index in [0.717, 1.165) is 25.7 Å². The van der Waals surface area contributed by atoms with Crippen LogP contribution in [0.5, 0.6) is 0 Å². The lowest BCUT2D eigenvalue weighted by atomic mass is 10.1. The van der Waals surface area contributed by atoms with Crippen LogP contribution in [0.1, 0.15) is 31.7 Å². The fraction of sp³-hybridized carbons (Fsp3) is 0.417. The largest absolute Gasteiger partial charge is 0.361 e. The van der Waals surface area contributed by atoms with Crippen molar-refractivity contribution in [3.8, 4) is 23.3 Å². The zero-order valence-electron chi connectivity index (χ0n) is 16.7. The molecule has 0 spiro atoms. The van der Waals surface area contributed by atoms with Gasteiger partial charge in [-0.1, -0.05) is 80.2 Å². The fourth-order valence-electron chi connectivity index (χ4n) is 2.18. The van der Waals surface area contributed by atoms with Gasteiger partial charge < -0.3 is 4.74 Å². The molecule has 0 aliphatic rings. The van der Waals surface area contributed by atoms with Gasteiger partial charge in [0, 0.05) is 12.8 Å². The topological polar surface area (TPSA) is 9.23 Å². The summed E-state index contributed by atoms with van der Waals surface area (Å²) >= 11 is 0. The van der Waals surface area contributed by atoms with Crippen molar-refractivity contribution in [3.05, 3.63) is 60.2 Å². The second-order valence-corrected chi connectivity index (χ2v) is 11.9. The number of benzene rings is 1. The minimum Gasteiger partial charge on any atom is -0.361 e. The Bertz CT molecular complexity index is 672. The molecule has 0 aromatic heterocycles. The molecule has 1 atom stereocenters. The monoisotopic (exact) mass is 364 g/mol. The van der Waals surface area contributed by atoms with Gasteiger partial charge in [-0.3, -0.25) is 0 Å². The Hall–Kier alpha value is -2.00. The first kappa shape index (κ1) is 22.0. The van der Waals surface area contributed by atoms with Crippen LogP contribution in [0.15, 0.2) is 54.6 Å². The van der Waals surface area contributed by atoms with E-state index < -0.39 is 8.07 Å². The predicted molar refractivity (Wildman–Crippen MR) is 117 cm³/mol. The van der Waals surface area contributed by atoms with Crippen LogP contribution in [-0.4, -0.2) is 20.8 Å². The van der Waals surface area contributed by atoms with Crippen LogP contribution in [0.2, 0.25) is 19.6 Å². The van der Waals surface area contributed by atoms with E-state index in [-0.39, 0.29) is 6.10 Å². The lowest BCUT2D eigenvalue weighted by molar-refractivity contribution is 0.111. The molecule has 0 bridgehead atoms. The summed E-state index contributed by atoms with van der Waals surface area (Å²) in [5.41, 5.74) is 4.74. The summed E-state index contributed by atoms with van der Waals surface area (Å²) in [5, 5.41) is 0. The Morgan fingerprint density at radius 3 is 2.50 bits per heavy atom. The summed E-state index contributed by atoms with van der Waals surface area (Å²) in [6.07, 6.45) is 11.5. The standard InChI is InChI=1S/C24H32OSi/c1-5-6-7-14-21-25-24(20-13-15-22-26(2,3)4)19-12-11-18-23-16-9-8-10-17-23/h5-10,14,16-17,24H,11,13,18,20-21H2,1-4H3/b6-5+,14-7+/t24-/m0/s1. The highest BCUT2D eigenvalue weighted by molar-refractivity contribution is 6.83. The van der Waals surface area contributed by atoms with Gasteiger partial charge in [0.25, 0.3) is 0 Å². The van der Waals surface area contributed by atoms with Gasteiger partial charge in [0.05, 0.1) is 6.61 Å². The molecule has 0 saturated heterocycles. The molecule has 0 saturated carbocycles. The number of rotatable bonds is 8. The Morgan fingerprint density at radius 1 is 1.04 bits per heavy atom. The SMILES string of the molecule is C/C=C/C=C/CO[C@@H](C#CCCc1ccccc1)CCC#C[Si](C)(C)C. The van der Waals surface area contributed by atoms with Gasteiger partial charge in [-0.05, 0) is 25.3 Å². The highest BCUT2D eigenvalue weighted by Crippen LogP contribution is 2.05. The first-order valence-electron chi connectivity index (χ1n) is 9.43. The molecule has 0 aliphatic heterocycles. The summed E-state index contributed by atoms with van der Waals surface area (Å²) < 4.78 is 5.92. The Balaban J connectivity index is 2.52. The molecule has 1 aromatic carbocycles. The minimum absolute atomic E-state index is 0.0445. The van der Waals surface area contributed by atoms with Gasteiger partial charge in [0.15, 0.2) is 0 Å². The van der Waals surface area contributed by atoms with Crippen LogP contribution < -0.4 is 0 Å². The first-order valence-corrected chi connectivity index (χ1v) is 12.9. The van der Waals surface area contributed by atoms with Crippen molar-refractivity contribution >= 4 is 8.07 Å². The van der Waals surface area contributed by atoms with Gasteiger partial charge in [0.1, 0.15) is 14.2 Å². The molecular formula is C24H32OSi. The van der Waals surface area contributed by atoms with Crippen LogP contribution in [0, 0.1) is 23.3 Å². The van der Waals surface area contributed by atoms with Crippen LogP contribution in [0.3, 0.4) is 0 Å². The average Bonchev–Trinajstić information content (AvgIpc) is 2.61. The number of ether oxygens (including phenoxy) is 1. The van der Waals surface area contributed by atoms with Gasteiger partial charge in [-0.2, -0.15) is 0 Å². The summed E-state index contributed by atoms with van der Waals surface area (Å²) in [6.45, 7) is 9.39. The molecule has 26 heavy (non-hydrogen) atoms. The summed E-state index contributed by atoms with van der Waals surface area (Å²) in [6, 6.07) is 10.5. The van der Waals surface area contributed by atoms with E-state index in [1.54, 1.807) is 0 Å². The van der Waals surface area contributed by atoms with Gasteiger partial charge in [-0.25, -0.2) is 0 Å². The van der Waals surface area contributed by atoms with Crippen LogP contribution in [-0.2, 0) is 11.2 Å². The second-order valence-electron chi connectivity index (χ2n) is 7.17.